The van der Waals surface area contributed by atoms with Gasteiger partial charge in [-0.1, -0.05) is 17.7 Å². The molecule has 0 radical (unpaired) electrons. The lowest BCUT2D eigenvalue weighted by molar-refractivity contribution is -0.117. The van der Waals surface area contributed by atoms with Gasteiger partial charge in [0, 0.05) is 36.1 Å². The Labute approximate surface area is 153 Å². The van der Waals surface area contributed by atoms with E-state index in [2.05, 4.69) is 10.6 Å². The average molecular weight is 380 g/mol. The van der Waals surface area contributed by atoms with Crippen LogP contribution < -0.4 is 15.5 Å². The van der Waals surface area contributed by atoms with E-state index < -0.39 is 23.4 Å². The van der Waals surface area contributed by atoms with Crippen molar-refractivity contribution in [3.63, 3.8) is 0 Å². The molecular weight excluding hydrogens is 364 g/mol. The van der Waals surface area contributed by atoms with E-state index in [0.717, 1.165) is 17.8 Å². The van der Waals surface area contributed by atoms with E-state index in [4.69, 9.17) is 11.6 Å². The molecule has 3 amide bonds. The van der Waals surface area contributed by atoms with Crippen molar-refractivity contribution in [3.05, 3.63) is 59.1 Å². The van der Waals surface area contributed by atoms with Crippen LogP contribution in [0.2, 0.25) is 5.02 Å². The first-order valence-electron chi connectivity index (χ1n) is 7.99. The van der Waals surface area contributed by atoms with Crippen LogP contribution in [0.15, 0.2) is 42.5 Å². The maximum absolute atomic E-state index is 13.5. The molecule has 2 N–H and O–H groups in total. The van der Waals surface area contributed by atoms with Crippen LogP contribution in [0.25, 0.3) is 0 Å². The maximum Gasteiger partial charge on any atom is 0.319 e. The summed E-state index contributed by atoms with van der Waals surface area (Å²) in [7, 11) is 0. The fourth-order valence-corrected chi connectivity index (χ4v) is 2.93. The Hall–Kier alpha value is -2.67. The van der Waals surface area contributed by atoms with Crippen molar-refractivity contribution >= 4 is 34.9 Å². The largest absolute Gasteiger partial charge is 0.338 e. The number of rotatable bonds is 4. The highest BCUT2D eigenvalue weighted by Gasteiger charge is 2.30. The van der Waals surface area contributed by atoms with Crippen molar-refractivity contribution in [2.24, 2.45) is 5.92 Å². The van der Waals surface area contributed by atoms with Gasteiger partial charge in [0.25, 0.3) is 0 Å². The normalized spacial score (nSPS) is 16.7. The summed E-state index contributed by atoms with van der Waals surface area (Å²) < 4.78 is 27.1. The van der Waals surface area contributed by atoms with Crippen molar-refractivity contribution in [2.45, 2.75) is 6.42 Å². The van der Waals surface area contributed by atoms with Gasteiger partial charge >= 0.3 is 6.03 Å². The third-order valence-electron chi connectivity index (χ3n) is 4.10. The van der Waals surface area contributed by atoms with E-state index in [1.807, 2.05) is 0 Å². The van der Waals surface area contributed by atoms with Crippen molar-refractivity contribution in [1.29, 1.82) is 0 Å². The summed E-state index contributed by atoms with van der Waals surface area (Å²) in [5.74, 6) is -1.87. The van der Waals surface area contributed by atoms with E-state index in [-0.39, 0.29) is 24.8 Å². The van der Waals surface area contributed by atoms with Crippen molar-refractivity contribution in [2.75, 3.05) is 23.3 Å². The van der Waals surface area contributed by atoms with Crippen molar-refractivity contribution < 1.29 is 18.4 Å². The minimum Gasteiger partial charge on any atom is -0.338 e. The van der Waals surface area contributed by atoms with Gasteiger partial charge in [-0.15, -0.1) is 0 Å². The first-order chi connectivity index (χ1) is 12.4. The predicted octanol–water partition coefficient (Wildman–Crippen LogP) is 3.79. The number of nitrogens with one attached hydrogen (secondary N) is 2. The number of carbonyl (C=O) groups is 2. The number of nitrogens with zero attached hydrogens (tertiary/aromatic N) is 1. The predicted molar refractivity (Wildman–Crippen MR) is 95.3 cm³/mol. The fourth-order valence-electron chi connectivity index (χ4n) is 2.80. The summed E-state index contributed by atoms with van der Waals surface area (Å²) in [6.45, 7) is 0.645. The van der Waals surface area contributed by atoms with Crippen LogP contribution in [0.1, 0.15) is 6.42 Å². The van der Waals surface area contributed by atoms with Gasteiger partial charge in [-0.2, -0.15) is 0 Å². The zero-order valence-corrected chi connectivity index (χ0v) is 14.4. The molecule has 1 aliphatic rings. The summed E-state index contributed by atoms with van der Waals surface area (Å²) in [6, 6.07) is 9.50. The zero-order chi connectivity index (χ0) is 18.7. The molecule has 2 aromatic carbocycles. The number of urea groups is 1. The molecule has 8 heteroatoms. The molecule has 0 spiro atoms. The molecule has 1 saturated heterocycles. The molecule has 0 saturated carbocycles. The maximum atomic E-state index is 13.5. The topological polar surface area (TPSA) is 61.4 Å². The minimum atomic E-state index is -0.856. The molecule has 26 heavy (non-hydrogen) atoms. The molecule has 1 aliphatic heterocycles. The summed E-state index contributed by atoms with van der Waals surface area (Å²) in [5, 5.41) is 5.27. The quantitative estimate of drug-likeness (QED) is 0.849. The zero-order valence-electron chi connectivity index (χ0n) is 13.6. The van der Waals surface area contributed by atoms with E-state index >= 15 is 0 Å². The molecule has 3 rings (SSSR count). The second-order valence-corrected chi connectivity index (χ2v) is 6.42. The third-order valence-corrected chi connectivity index (χ3v) is 4.35. The highest BCUT2D eigenvalue weighted by atomic mass is 35.5. The Morgan fingerprint density at radius 3 is 2.46 bits per heavy atom. The van der Waals surface area contributed by atoms with Crippen LogP contribution in [-0.2, 0) is 4.79 Å². The lowest BCUT2D eigenvalue weighted by atomic mass is 10.1. The number of para-hydroxylation sites is 1. The second-order valence-electron chi connectivity index (χ2n) is 5.98. The van der Waals surface area contributed by atoms with Gasteiger partial charge in [-0.3, -0.25) is 4.79 Å². The minimum absolute atomic E-state index is 0.0559. The molecule has 1 unspecified atom stereocenters. The van der Waals surface area contributed by atoms with Gasteiger partial charge in [0.1, 0.15) is 17.3 Å². The second kappa shape index (κ2) is 7.70. The van der Waals surface area contributed by atoms with Crippen LogP contribution in [0.4, 0.5) is 25.0 Å². The average Bonchev–Trinajstić information content (AvgIpc) is 2.98. The summed E-state index contributed by atoms with van der Waals surface area (Å²) in [4.78, 5) is 25.7. The van der Waals surface area contributed by atoms with Crippen LogP contribution in [0.5, 0.6) is 0 Å². The molecule has 0 aliphatic carbocycles. The molecule has 5 nitrogen and oxygen atoms in total. The summed E-state index contributed by atoms with van der Waals surface area (Å²) >= 11 is 5.85. The van der Waals surface area contributed by atoms with Gasteiger partial charge in [-0.05, 0) is 36.4 Å². The number of halogens is 3. The Bertz CT molecular complexity index is 809. The van der Waals surface area contributed by atoms with Gasteiger partial charge in [0.05, 0.1) is 0 Å². The summed E-state index contributed by atoms with van der Waals surface area (Å²) in [5.41, 5.74) is 0.232. The third kappa shape index (κ3) is 4.11. The van der Waals surface area contributed by atoms with Crippen LogP contribution in [0.3, 0.4) is 0 Å². The Morgan fingerprint density at radius 2 is 1.81 bits per heavy atom. The van der Waals surface area contributed by atoms with Gasteiger partial charge in [0.15, 0.2) is 0 Å². The van der Waals surface area contributed by atoms with Gasteiger partial charge < -0.3 is 15.5 Å². The lowest BCUT2D eigenvalue weighted by Crippen LogP contribution is -2.34. The van der Waals surface area contributed by atoms with Gasteiger partial charge in [0.2, 0.25) is 5.91 Å². The molecular formula is C18H16ClF2N3O2. The molecule has 136 valence electrons. The number of benzene rings is 2. The number of anilines is 2. The number of hydrogen-bond acceptors (Lipinski definition) is 2. The Kier molecular flexibility index (Phi) is 5.37. The van der Waals surface area contributed by atoms with E-state index in [0.29, 0.717) is 11.6 Å². The smallest absolute Gasteiger partial charge is 0.319 e. The van der Waals surface area contributed by atoms with Crippen LogP contribution in [-0.4, -0.2) is 25.0 Å². The SMILES string of the molecule is O=C(NCC1CC(=O)N(c2ccc(Cl)cc2)C1)Nc1c(F)cccc1F. The first kappa shape index (κ1) is 18.1. The Morgan fingerprint density at radius 1 is 1.15 bits per heavy atom. The number of carbonyl (C=O) groups excluding carboxylic acids is 2. The number of hydrogen-bond donors (Lipinski definition) is 2. The van der Waals surface area contributed by atoms with Crippen LogP contribution >= 0.6 is 11.6 Å². The molecule has 1 fully saturated rings. The highest BCUT2D eigenvalue weighted by molar-refractivity contribution is 6.30. The molecule has 1 atom stereocenters. The number of amides is 3. The highest BCUT2D eigenvalue weighted by Crippen LogP contribution is 2.26. The van der Waals surface area contributed by atoms with Crippen molar-refractivity contribution in [1.82, 2.24) is 5.32 Å². The van der Waals surface area contributed by atoms with E-state index in [1.54, 1.807) is 29.2 Å². The fraction of sp³-hybridized carbons (Fsp3) is 0.222. The standard InChI is InChI=1S/C18H16ClF2N3O2/c19-12-4-6-13(7-5-12)24-10-11(8-16(24)25)9-22-18(26)23-17-14(20)2-1-3-15(17)21/h1-7,11H,8-10H2,(H2,22,23,26). The van der Waals surface area contributed by atoms with Crippen molar-refractivity contribution in [3.8, 4) is 0 Å². The monoisotopic (exact) mass is 379 g/mol. The lowest BCUT2D eigenvalue weighted by Gasteiger charge is -2.17. The Balaban J connectivity index is 1.54. The molecule has 2 aromatic rings. The first-order valence-corrected chi connectivity index (χ1v) is 8.36. The summed E-state index contributed by atoms with van der Waals surface area (Å²) in [6.07, 6.45) is 0.275. The van der Waals surface area contributed by atoms with Crippen LogP contribution in [0, 0.1) is 17.6 Å². The molecule has 1 heterocycles. The van der Waals surface area contributed by atoms with E-state index in [1.165, 1.54) is 6.07 Å². The van der Waals surface area contributed by atoms with Gasteiger partial charge in [-0.25, -0.2) is 13.6 Å². The van der Waals surface area contributed by atoms with E-state index in [9.17, 15) is 18.4 Å². The molecule has 0 bridgehead atoms. The molecule has 0 aromatic heterocycles.